The van der Waals surface area contributed by atoms with E-state index in [1.807, 2.05) is 0 Å². The molecule has 1 unspecified atom stereocenters. The third-order valence-corrected chi connectivity index (χ3v) is 2.70. The minimum Gasteiger partial charge on any atom is -0.495 e. The SMILES string of the molecule is COc1ccc(N2CC(CO)CC2=O)nc1. The summed E-state index contributed by atoms with van der Waals surface area (Å²) in [5.41, 5.74) is 0. The fourth-order valence-electron chi connectivity index (χ4n) is 1.78. The van der Waals surface area contributed by atoms with Gasteiger partial charge in [-0.25, -0.2) is 4.98 Å². The summed E-state index contributed by atoms with van der Waals surface area (Å²) in [5, 5.41) is 9.01. The lowest BCUT2D eigenvalue weighted by Crippen LogP contribution is -2.25. The molecule has 2 rings (SSSR count). The van der Waals surface area contributed by atoms with Crippen LogP contribution in [-0.2, 0) is 4.79 Å². The van der Waals surface area contributed by atoms with Gasteiger partial charge in [-0.3, -0.25) is 9.69 Å². The number of ether oxygens (including phenoxy) is 1. The molecule has 1 fully saturated rings. The Morgan fingerprint density at radius 1 is 1.62 bits per heavy atom. The van der Waals surface area contributed by atoms with E-state index in [9.17, 15) is 4.79 Å². The van der Waals surface area contributed by atoms with Gasteiger partial charge in [0.2, 0.25) is 5.91 Å². The van der Waals surface area contributed by atoms with Gasteiger partial charge in [-0.15, -0.1) is 0 Å². The van der Waals surface area contributed by atoms with Gasteiger partial charge in [0.1, 0.15) is 11.6 Å². The number of amides is 1. The van der Waals surface area contributed by atoms with Gasteiger partial charge in [0.25, 0.3) is 0 Å². The van der Waals surface area contributed by atoms with Crippen LogP contribution in [0.5, 0.6) is 5.75 Å². The van der Waals surface area contributed by atoms with Crippen LogP contribution in [-0.4, -0.2) is 36.3 Å². The first-order chi connectivity index (χ1) is 7.74. The second kappa shape index (κ2) is 4.49. The van der Waals surface area contributed by atoms with Crippen molar-refractivity contribution in [2.24, 2.45) is 5.92 Å². The number of aliphatic hydroxyl groups excluding tert-OH is 1. The molecular weight excluding hydrogens is 208 g/mol. The van der Waals surface area contributed by atoms with Gasteiger partial charge in [0, 0.05) is 25.5 Å². The number of hydrogen-bond acceptors (Lipinski definition) is 4. The molecule has 0 radical (unpaired) electrons. The molecule has 0 bridgehead atoms. The molecule has 1 aliphatic rings. The minimum atomic E-state index is 0.0108. The number of rotatable bonds is 3. The Morgan fingerprint density at radius 2 is 2.44 bits per heavy atom. The Kier molecular flexibility index (Phi) is 3.05. The number of methoxy groups -OCH3 is 1. The van der Waals surface area contributed by atoms with Crippen molar-refractivity contribution in [3.05, 3.63) is 18.3 Å². The first-order valence-electron chi connectivity index (χ1n) is 5.16. The highest BCUT2D eigenvalue weighted by molar-refractivity contribution is 5.94. The molecule has 1 saturated heterocycles. The van der Waals surface area contributed by atoms with Gasteiger partial charge >= 0.3 is 0 Å². The lowest BCUT2D eigenvalue weighted by molar-refractivity contribution is -0.117. The number of aromatic nitrogens is 1. The van der Waals surface area contributed by atoms with Crippen LogP contribution in [0.3, 0.4) is 0 Å². The molecule has 1 amide bonds. The van der Waals surface area contributed by atoms with E-state index in [2.05, 4.69) is 4.98 Å². The predicted molar refractivity (Wildman–Crippen MR) is 58.3 cm³/mol. The van der Waals surface area contributed by atoms with Crippen molar-refractivity contribution in [3.63, 3.8) is 0 Å². The summed E-state index contributed by atoms with van der Waals surface area (Å²) >= 11 is 0. The second-order valence-electron chi connectivity index (χ2n) is 3.81. The Bertz CT molecular complexity index is 377. The highest BCUT2D eigenvalue weighted by atomic mass is 16.5. The van der Waals surface area contributed by atoms with Crippen LogP contribution in [0.2, 0.25) is 0 Å². The van der Waals surface area contributed by atoms with Crippen molar-refractivity contribution in [1.82, 2.24) is 4.98 Å². The van der Waals surface area contributed by atoms with Crippen molar-refractivity contribution in [2.45, 2.75) is 6.42 Å². The quantitative estimate of drug-likeness (QED) is 0.805. The summed E-state index contributed by atoms with van der Waals surface area (Å²) in [6.07, 6.45) is 1.97. The summed E-state index contributed by atoms with van der Waals surface area (Å²) in [5.74, 6) is 1.31. The zero-order valence-electron chi connectivity index (χ0n) is 9.09. The first kappa shape index (κ1) is 10.9. The summed E-state index contributed by atoms with van der Waals surface area (Å²) in [7, 11) is 1.57. The zero-order valence-corrected chi connectivity index (χ0v) is 9.09. The maximum absolute atomic E-state index is 11.6. The van der Waals surface area contributed by atoms with E-state index >= 15 is 0 Å². The number of aliphatic hydroxyl groups is 1. The van der Waals surface area contributed by atoms with Crippen molar-refractivity contribution in [1.29, 1.82) is 0 Å². The third-order valence-electron chi connectivity index (χ3n) is 2.70. The standard InChI is InChI=1S/C11H14N2O3/c1-16-9-2-3-10(12-5-9)13-6-8(7-14)4-11(13)15/h2-3,5,8,14H,4,6-7H2,1H3. The Labute approximate surface area is 93.7 Å². The molecule has 1 aromatic rings. The molecule has 86 valence electrons. The molecule has 2 heterocycles. The number of carbonyl (C=O) groups excluding carboxylic acids is 1. The van der Waals surface area contributed by atoms with Crippen LogP contribution in [0.25, 0.3) is 0 Å². The summed E-state index contributed by atoms with van der Waals surface area (Å²) in [6, 6.07) is 3.51. The second-order valence-corrected chi connectivity index (χ2v) is 3.81. The Balaban J connectivity index is 2.15. The normalized spacial score (nSPS) is 20.2. The number of anilines is 1. The molecule has 5 nitrogen and oxygen atoms in total. The van der Waals surface area contributed by atoms with Crippen LogP contribution >= 0.6 is 0 Å². The van der Waals surface area contributed by atoms with E-state index in [1.165, 1.54) is 0 Å². The monoisotopic (exact) mass is 222 g/mol. The van der Waals surface area contributed by atoms with Crippen LogP contribution in [0.15, 0.2) is 18.3 Å². The number of carbonyl (C=O) groups is 1. The molecule has 0 spiro atoms. The predicted octanol–water partition coefficient (Wildman–Crippen LogP) is 0.435. The average Bonchev–Trinajstić information content (AvgIpc) is 2.71. The summed E-state index contributed by atoms with van der Waals surface area (Å²) in [6.45, 7) is 0.576. The molecule has 1 aromatic heterocycles. The number of nitrogens with zero attached hydrogens (tertiary/aromatic N) is 2. The van der Waals surface area contributed by atoms with Gasteiger partial charge in [-0.05, 0) is 12.1 Å². The molecule has 0 aromatic carbocycles. The fourth-order valence-corrected chi connectivity index (χ4v) is 1.78. The van der Waals surface area contributed by atoms with Gasteiger partial charge in [-0.1, -0.05) is 0 Å². The van der Waals surface area contributed by atoms with Crippen LogP contribution in [0.4, 0.5) is 5.82 Å². The summed E-state index contributed by atoms with van der Waals surface area (Å²) < 4.78 is 5.00. The van der Waals surface area contributed by atoms with Gasteiger partial charge in [0.05, 0.1) is 13.3 Å². The number of pyridine rings is 1. The molecule has 5 heteroatoms. The molecule has 1 aliphatic heterocycles. The van der Waals surface area contributed by atoms with Crippen molar-refractivity contribution < 1.29 is 14.6 Å². The molecule has 1 atom stereocenters. The van der Waals surface area contributed by atoms with E-state index in [1.54, 1.807) is 30.3 Å². The first-order valence-corrected chi connectivity index (χ1v) is 5.16. The van der Waals surface area contributed by atoms with Crippen molar-refractivity contribution in [3.8, 4) is 5.75 Å². The zero-order chi connectivity index (χ0) is 11.5. The van der Waals surface area contributed by atoms with Gasteiger partial charge in [-0.2, -0.15) is 0 Å². The number of hydrogen-bond donors (Lipinski definition) is 1. The molecule has 1 N–H and O–H groups in total. The van der Waals surface area contributed by atoms with E-state index in [0.29, 0.717) is 24.5 Å². The Morgan fingerprint density at radius 3 is 2.94 bits per heavy atom. The molecule has 0 aliphatic carbocycles. The maximum Gasteiger partial charge on any atom is 0.228 e. The topological polar surface area (TPSA) is 62.7 Å². The molecular formula is C11H14N2O3. The van der Waals surface area contributed by atoms with E-state index in [0.717, 1.165) is 0 Å². The Hall–Kier alpha value is -1.62. The maximum atomic E-state index is 11.6. The fraction of sp³-hybridized carbons (Fsp3) is 0.455. The highest BCUT2D eigenvalue weighted by Gasteiger charge is 2.30. The van der Waals surface area contributed by atoms with Gasteiger partial charge < -0.3 is 9.84 Å². The molecule has 16 heavy (non-hydrogen) atoms. The smallest absolute Gasteiger partial charge is 0.228 e. The molecule has 0 saturated carbocycles. The highest BCUT2D eigenvalue weighted by Crippen LogP contribution is 2.24. The van der Waals surface area contributed by atoms with Crippen LogP contribution in [0.1, 0.15) is 6.42 Å². The lowest BCUT2D eigenvalue weighted by Gasteiger charge is -2.15. The lowest BCUT2D eigenvalue weighted by atomic mass is 10.1. The van der Waals surface area contributed by atoms with Crippen LogP contribution in [0, 0.1) is 5.92 Å². The van der Waals surface area contributed by atoms with E-state index in [4.69, 9.17) is 9.84 Å². The average molecular weight is 222 g/mol. The minimum absolute atomic E-state index is 0.0108. The van der Waals surface area contributed by atoms with E-state index in [-0.39, 0.29) is 18.4 Å². The summed E-state index contributed by atoms with van der Waals surface area (Å²) in [4.78, 5) is 17.4. The largest absolute Gasteiger partial charge is 0.495 e. The van der Waals surface area contributed by atoms with E-state index < -0.39 is 0 Å². The van der Waals surface area contributed by atoms with Crippen molar-refractivity contribution >= 4 is 11.7 Å². The van der Waals surface area contributed by atoms with Crippen molar-refractivity contribution in [2.75, 3.05) is 25.2 Å². The van der Waals surface area contributed by atoms with Crippen LogP contribution < -0.4 is 9.64 Å². The third kappa shape index (κ3) is 1.99. The van der Waals surface area contributed by atoms with Gasteiger partial charge in [0.15, 0.2) is 0 Å².